The summed E-state index contributed by atoms with van der Waals surface area (Å²) in [5, 5.41) is 15.3. The number of hydrogen-bond acceptors (Lipinski definition) is 3. The highest BCUT2D eigenvalue weighted by Crippen LogP contribution is 1.42. The van der Waals surface area contributed by atoms with Gasteiger partial charge in [-0.15, -0.1) is 0 Å². The summed E-state index contributed by atoms with van der Waals surface area (Å²) >= 11 is 0. The Morgan fingerprint density at radius 2 is 1.86 bits per heavy atom. The van der Waals surface area contributed by atoms with E-state index in [1.807, 2.05) is 0 Å². The number of hydrogen-bond donors (Lipinski definition) is 1. The molecule has 5 heteroatoms. The normalized spacial score (nSPS) is 5.29. The highest BCUT2D eigenvalue weighted by molar-refractivity contribution is 5.62. The lowest BCUT2D eigenvalue weighted by molar-refractivity contribution is -0.284. The average molecular weight is 108 g/mol. The van der Waals surface area contributed by atoms with Gasteiger partial charge in [0.2, 0.25) is 0 Å². The van der Waals surface area contributed by atoms with Gasteiger partial charge in [-0.3, -0.25) is 4.79 Å². The standard InChI is InChI=1S/C2H4O2.O3/c1-2(3)4;1-3-2/h1H3,(H,3,4);. The van der Waals surface area contributed by atoms with Gasteiger partial charge in [0.25, 0.3) is 5.97 Å². The molecule has 0 saturated carbocycles. The van der Waals surface area contributed by atoms with E-state index >= 15 is 0 Å². The molecule has 0 rings (SSSR count). The lowest BCUT2D eigenvalue weighted by Crippen LogP contribution is -1.82. The summed E-state index contributed by atoms with van der Waals surface area (Å²) in [6.45, 7) is 1.08. The van der Waals surface area contributed by atoms with Crippen LogP contribution in [-0.2, 0) is 4.79 Å². The Morgan fingerprint density at radius 1 is 1.86 bits per heavy atom. The summed E-state index contributed by atoms with van der Waals surface area (Å²) in [7, 11) is 0. The molecule has 0 aliphatic carbocycles. The number of carboxylic acid groups (broad SMARTS) is 1. The van der Waals surface area contributed by atoms with Gasteiger partial charge in [-0.25, -0.2) is 0 Å². The quantitative estimate of drug-likeness (QED) is 0.244. The molecule has 42 valence electrons. The highest BCUT2D eigenvalue weighted by atomic mass is 17.2. The summed E-state index contributed by atoms with van der Waals surface area (Å²) in [5.74, 6) is -0.833. The van der Waals surface area contributed by atoms with E-state index in [0.717, 1.165) is 6.92 Å². The van der Waals surface area contributed by atoms with E-state index in [1.54, 1.807) is 4.75 Å². The Balaban J connectivity index is 0. The van der Waals surface area contributed by atoms with Crippen LogP contribution in [0.5, 0.6) is 0 Å². The molecule has 0 radical (unpaired) electrons. The molecule has 0 bridgehead atoms. The van der Waals surface area contributed by atoms with Gasteiger partial charge in [0.05, 0.1) is 0 Å². The first-order valence-corrected chi connectivity index (χ1v) is 1.26. The zero-order valence-electron chi connectivity index (χ0n) is 3.58. The van der Waals surface area contributed by atoms with Crippen LogP contribution in [0.1, 0.15) is 6.92 Å². The molecule has 0 unspecified atom stereocenters. The van der Waals surface area contributed by atoms with Gasteiger partial charge in [0.15, 0.2) is 4.75 Å². The fourth-order valence-electron chi connectivity index (χ4n) is 0. The maximum atomic E-state index is 9.00. The predicted octanol–water partition coefficient (Wildman–Crippen LogP) is -1.03. The Labute approximate surface area is 39.0 Å². The van der Waals surface area contributed by atoms with E-state index in [2.05, 4.69) is 0 Å². The van der Waals surface area contributed by atoms with Gasteiger partial charge >= 0.3 is 0 Å². The first-order chi connectivity index (χ1) is 3.15. The smallest absolute Gasteiger partial charge is 0.300 e. The van der Waals surface area contributed by atoms with Crippen LogP contribution in [0.25, 0.3) is 0 Å². The first kappa shape index (κ1) is 9.30. The summed E-state index contributed by atoms with van der Waals surface area (Å²) in [5.41, 5.74) is 0. The second-order valence-electron chi connectivity index (χ2n) is 0.587. The minimum absolute atomic E-state index is 0.833. The Hall–Kier alpha value is -1.13. The van der Waals surface area contributed by atoms with Crippen LogP contribution < -0.4 is 5.26 Å². The van der Waals surface area contributed by atoms with Crippen molar-refractivity contribution >= 4 is 5.97 Å². The maximum Gasteiger partial charge on any atom is 0.300 e. The lowest BCUT2D eigenvalue weighted by Gasteiger charge is -1.59. The molecule has 0 saturated heterocycles. The van der Waals surface area contributed by atoms with E-state index in [-0.39, 0.29) is 0 Å². The number of carbonyl (C=O) groups is 1. The van der Waals surface area contributed by atoms with Crippen molar-refractivity contribution in [2.75, 3.05) is 0 Å². The monoisotopic (exact) mass is 108 g/mol. The van der Waals surface area contributed by atoms with Gasteiger partial charge in [-0.05, 0) is 0 Å². The molecule has 0 aromatic carbocycles. The van der Waals surface area contributed by atoms with Crippen LogP contribution in [0.4, 0.5) is 0 Å². The minimum atomic E-state index is -0.833. The van der Waals surface area contributed by atoms with Crippen molar-refractivity contribution in [3.05, 3.63) is 9.71 Å². The van der Waals surface area contributed by atoms with Crippen LogP contribution in [0.3, 0.4) is 0 Å². The molecule has 0 spiro atoms. The zero-order valence-corrected chi connectivity index (χ0v) is 3.58. The summed E-state index contributed by atoms with van der Waals surface area (Å²) in [6.07, 6.45) is 0. The van der Waals surface area contributed by atoms with E-state index in [0.29, 0.717) is 0 Å². The van der Waals surface area contributed by atoms with E-state index in [9.17, 15) is 0 Å². The van der Waals surface area contributed by atoms with Crippen molar-refractivity contribution in [1.82, 2.24) is 0 Å². The molecule has 5 nitrogen and oxygen atoms in total. The van der Waals surface area contributed by atoms with Gasteiger partial charge in [-0.2, -0.15) is 0 Å². The van der Waals surface area contributed by atoms with Gasteiger partial charge in [0.1, 0.15) is 0 Å². The van der Waals surface area contributed by atoms with Crippen molar-refractivity contribution < 1.29 is 15.2 Å². The highest BCUT2D eigenvalue weighted by Gasteiger charge is 1.65. The minimum Gasteiger partial charge on any atom is -0.481 e. The molecule has 0 aliphatic rings. The Kier molecular flexibility index (Phi) is 11.8. The van der Waals surface area contributed by atoms with Crippen molar-refractivity contribution in [1.29, 1.82) is 0 Å². The molecule has 7 heavy (non-hydrogen) atoms. The molecule has 0 fully saturated rings. The zero-order chi connectivity index (χ0) is 6.28. The Morgan fingerprint density at radius 3 is 1.86 bits per heavy atom. The van der Waals surface area contributed by atoms with Crippen molar-refractivity contribution in [2.45, 2.75) is 6.92 Å². The van der Waals surface area contributed by atoms with Crippen LogP contribution in [0.15, 0.2) is 0 Å². The largest absolute Gasteiger partial charge is 0.481 e. The van der Waals surface area contributed by atoms with Gasteiger partial charge in [0, 0.05) is 6.92 Å². The summed E-state index contributed by atoms with van der Waals surface area (Å²) in [6, 6.07) is 0. The number of rotatable bonds is 0. The summed E-state index contributed by atoms with van der Waals surface area (Å²) < 4.78 is 1.75. The van der Waals surface area contributed by atoms with Crippen molar-refractivity contribution in [3.8, 4) is 0 Å². The molecule has 0 aromatic heterocycles. The first-order valence-electron chi connectivity index (χ1n) is 1.26. The maximum absolute atomic E-state index is 9.00. The predicted molar refractivity (Wildman–Crippen MR) is 20.0 cm³/mol. The second-order valence-corrected chi connectivity index (χ2v) is 0.587. The lowest BCUT2D eigenvalue weighted by atomic mass is 10.9. The van der Waals surface area contributed by atoms with E-state index in [1.165, 1.54) is 0 Å². The van der Waals surface area contributed by atoms with Crippen molar-refractivity contribution in [2.24, 2.45) is 0 Å². The topological polar surface area (TPSA) is 88.7 Å². The third kappa shape index (κ3) is 31.4. The molecular weight excluding hydrogens is 104 g/mol. The van der Waals surface area contributed by atoms with Crippen LogP contribution in [-0.4, -0.2) is 11.1 Å². The fraction of sp³-hybridized carbons (Fsp3) is 0.500. The molecule has 0 aromatic rings. The van der Waals surface area contributed by atoms with Gasteiger partial charge < -0.3 is 5.11 Å². The number of aliphatic carboxylic acids is 1. The third-order valence-electron chi connectivity index (χ3n) is 0. The molecule has 0 atom stereocenters. The second kappa shape index (κ2) is 8.85. The van der Waals surface area contributed by atoms with Crippen LogP contribution >= 0.6 is 0 Å². The summed E-state index contributed by atoms with van der Waals surface area (Å²) in [4.78, 5) is 16.9. The molecule has 0 amide bonds. The average Bonchev–Trinajstić information content (AvgIpc) is 1.33. The molecule has 1 N–H and O–H groups in total. The molecular formula is C2H4O5. The van der Waals surface area contributed by atoms with Crippen LogP contribution in [0.2, 0.25) is 0 Å². The van der Waals surface area contributed by atoms with Crippen LogP contribution in [0, 0.1) is 9.71 Å². The number of carboxylic acids is 1. The Bertz CT molecular complexity index is 53.1. The SMILES string of the molecule is CC(=O)O.O=[O+][O-]. The molecule has 0 aliphatic heterocycles. The molecule has 0 heterocycles. The van der Waals surface area contributed by atoms with Gasteiger partial charge in [-0.1, -0.05) is 10.2 Å². The van der Waals surface area contributed by atoms with Crippen molar-refractivity contribution in [3.63, 3.8) is 0 Å². The van der Waals surface area contributed by atoms with E-state index in [4.69, 9.17) is 20.1 Å². The third-order valence-corrected chi connectivity index (χ3v) is 0. The fourth-order valence-corrected chi connectivity index (χ4v) is 0. The van der Waals surface area contributed by atoms with E-state index < -0.39 is 5.97 Å².